The van der Waals surface area contributed by atoms with Gasteiger partial charge in [0.25, 0.3) is 5.91 Å². The van der Waals surface area contributed by atoms with Crippen LogP contribution in [0.25, 0.3) is 0 Å². The summed E-state index contributed by atoms with van der Waals surface area (Å²) in [5, 5.41) is 16.1. The van der Waals surface area contributed by atoms with Crippen molar-refractivity contribution in [3.63, 3.8) is 0 Å². The first-order valence-electron chi connectivity index (χ1n) is 8.67. The molecule has 12 heteroatoms. The zero-order valence-electron chi connectivity index (χ0n) is 14.9. The lowest BCUT2D eigenvalue weighted by atomic mass is 10.2. The van der Waals surface area contributed by atoms with Crippen LogP contribution in [0.5, 0.6) is 5.75 Å². The first kappa shape index (κ1) is 20.0. The number of sulfonamides is 1. The van der Waals surface area contributed by atoms with Gasteiger partial charge in [-0.25, -0.2) is 13.6 Å². The van der Waals surface area contributed by atoms with E-state index in [9.17, 15) is 28.1 Å². The molecule has 1 aliphatic heterocycles. The van der Waals surface area contributed by atoms with E-state index >= 15 is 0 Å². The van der Waals surface area contributed by atoms with Gasteiger partial charge in [0.15, 0.2) is 12.4 Å². The van der Waals surface area contributed by atoms with Gasteiger partial charge in [-0.05, 0) is 25.0 Å². The minimum absolute atomic E-state index is 0.131. The monoisotopic (exact) mass is 412 g/mol. The largest absolute Gasteiger partial charge is 0.477 e. The van der Waals surface area contributed by atoms with Gasteiger partial charge in [-0.2, -0.15) is 0 Å². The summed E-state index contributed by atoms with van der Waals surface area (Å²) in [7, 11) is -4.11. The highest BCUT2D eigenvalue weighted by Crippen LogP contribution is 2.31. The lowest BCUT2D eigenvalue weighted by Gasteiger charge is -2.34. The van der Waals surface area contributed by atoms with E-state index in [0.717, 1.165) is 31.0 Å². The number of nitrogens with two attached hydrogens (primary N) is 1. The maximum atomic E-state index is 12.3. The molecule has 1 saturated heterocycles. The van der Waals surface area contributed by atoms with Crippen molar-refractivity contribution in [2.45, 2.75) is 17.7 Å². The van der Waals surface area contributed by atoms with Gasteiger partial charge in [0.05, 0.1) is 9.82 Å². The summed E-state index contributed by atoms with van der Waals surface area (Å²) in [5.41, 5.74) is -0.598. The fourth-order valence-corrected chi connectivity index (χ4v) is 3.47. The average Bonchev–Trinajstić information content (AvgIpc) is 3.50. The number of amides is 2. The number of hydrogen-bond acceptors (Lipinski definition) is 7. The molecule has 3 rings (SSSR count). The Morgan fingerprint density at radius 3 is 2.32 bits per heavy atom. The Kier molecular flexibility index (Phi) is 5.52. The van der Waals surface area contributed by atoms with Crippen molar-refractivity contribution in [3.8, 4) is 5.75 Å². The zero-order valence-corrected chi connectivity index (χ0v) is 15.8. The van der Waals surface area contributed by atoms with Crippen LogP contribution in [0.1, 0.15) is 12.8 Å². The Bertz CT molecular complexity index is 906. The maximum Gasteiger partial charge on any atom is 0.312 e. The van der Waals surface area contributed by atoms with E-state index in [0.29, 0.717) is 26.2 Å². The number of carbonyl (C=O) groups excluding carboxylic acids is 2. The van der Waals surface area contributed by atoms with Crippen molar-refractivity contribution in [2.24, 2.45) is 11.1 Å². The summed E-state index contributed by atoms with van der Waals surface area (Å²) in [6, 6.07) is 2.96. The van der Waals surface area contributed by atoms with E-state index in [-0.39, 0.29) is 23.5 Å². The predicted molar refractivity (Wildman–Crippen MR) is 95.8 cm³/mol. The lowest BCUT2D eigenvalue weighted by molar-refractivity contribution is -0.386. The molecule has 28 heavy (non-hydrogen) atoms. The van der Waals surface area contributed by atoms with Crippen LogP contribution in [0.4, 0.5) is 5.69 Å². The van der Waals surface area contributed by atoms with Gasteiger partial charge in [-0.15, -0.1) is 0 Å². The number of ether oxygens (including phenoxy) is 1. The molecule has 2 fully saturated rings. The smallest absolute Gasteiger partial charge is 0.312 e. The van der Waals surface area contributed by atoms with Crippen molar-refractivity contribution in [1.29, 1.82) is 0 Å². The number of primary sulfonamides is 1. The Balaban J connectivity index is 1.58. The number of benzene rings is 1. The quantitative estimate of drug-likeness (QED) is 0.497. The number of nitro benzene ring substituents is 1. The van der Waals surface area contributed by atoms with Crippen LogP contribution >= 0.6 is 0 Å². The maximum absolute atomic E-state index is 12.3. The number of piperazine rings is 1. The van der Waals surface area contributed by atoms with Gasteiger partial charge in [0, 0.05) is 38.2 Å². The lowest BCUT2D eigenvalue weighted by Crippen LogP contribution is -2.52. The molecular formula is C16H20N4O7S. The van der Waals surface area contributed by atoms with Crippen LogP contribution in [0.2, 0.25) is 0 Å². The van der Waals surface area contributed by atoms with Crippen LogP contribution in [-0.4, -0.2) is 67.7 Å². The fraction of sp³-hybridized carbons (Fsp3) is 0.500. The number of nitro groups is 1. The zero-order chi connectivity index (χ0) is 20.5. The molecule has 0 unspecified atom stereocenters. The molecule has 1 heterocycles. The van der Waals surface area contributed by atoms with Gasteiger partial charge in [0.2, 0.25) is 15.9 Å². The van der Waals surface area contributed by atoms with Gasteiger partial charge in [0.1, 0.15) is 0 Å². The summed E-state index contributed by atoms with van der Waals surface area (Å²) in [6.07, 6.45) is 1.85. The van der Waals surface area contributed by atoms with E-state index in [4.69, 9.17) is 9.88 Å². The molecule has 2 amide bonds. The van der Waals surface area contributed by atoms with Crippen molar-refractivity contribution < 1.29 is 27.7 Å². The van der Waals surface area contributed by atoms with Gasteiger partial charge in [-0.3, -0.25) is 19.7 Å². The highest BCUT2D eigenvalue weighted by Gasteiger charge is 2.35. The molecule has 0 radical (unpaired) electrons. The molecule has 2 N–H and O–H groups in total. The van der Waals surface area contributed by atoms with Crippen LogP contribution in [0.15, 0.2) is 23.1 Å². The number of nitrogens with zero attached hydrogens (tertiary/aromatic N) is 3. The van der Waals surface area contributed by atoms with Crippen LogP contribution < -0.4 is 9.88 Å². The number of carbonyl (C=O) groups is 2. The van der Waals surface area contributed by atoms with Crippen LogP contribution in [-0.2, 0) is 19.6 Å². The SMILES string of the molecule is NS(=O)(=O)c1ccc(OCC(=O)N2CCN(C(=O)C3CC3)CC2)c([N+](=O)[O-])c1. The molecule has 152 valence electrons. The first-order chi connectivity index (χ1) is 13.2. The number of rotatable bonds is 6. The molecule has 1 saturated carbocycles. The van der Waals surface area contributed by atoms with Crippen LogP contribution in [0.3, 0.4) is 0 Å². The van der Waals surface area contributed by atoms with E-state index < -0.39 is 32.1 Å². The minimum Gasteiger partial charge on any atom is -0.477 e. The second-order valence-electron chi connectivity index (χ2n) is 6.70. The third kappa shape index (κ3) is 4.57. The third-order valence-corrected chi connectivity index (χ3v) is 5.59. The topological polar surface area (TPSA) is 153 Å². The second-order valence-corrected chi connectivity index (χ2v) is 8.26. The summed E-state index contributed by atoms with van der Waals surface area (Å²) in [4.78, 5) is 37.6. The molecule has 0 bridgehead atoms. The van der Waals surface area contributed by atoms with E-state index in [2.05, 4.69) is 0 Å². The summed E-state index contributed by atoms with van der Waals surface area (Å²) in [5.74, 6) is -0.336. The summed E-state index contributed by atoms with van der Waals surface area (Å²) in [6.45, 7) is 1.20. The van der Waals surface area contributed by atoms with E-state index in [1.165, 1.54) is 4.90 Å². The van der Waals surface area contributed by atoms with Crippen molar-refractivity contribution >= 4 is 27.5 Å². The second kappa shape index (κ2) is 7.72. The highest BCUT2D eigenvalue weighted by atomic mass is 32.2. The normalized spacial score (nSPS) is 17.3. The Hall–Kier alpha value is -2.73. The van der Waals surface area contributed by atoms with E-state index in [1.54, 1.807) is 4.90 Å². The van der Waals surface area contributed by atoms with Crippen molar-refractivity contribution in [1.82, 2.24) is 9.80 Å². The van der Waals surface area contributed by atoms with E-state index in [1.807, 2.05) is 0 Å². The minimum atomic E-state index is -4.11. The molecule has 0 spiro atoms. The molecular weight excluding hydrogens is 392 g/mol. The van der Waals surface area contributed by atoms with Crippen LogP contribution in [0, 0.1) is 16.0 Å². The molecule has 2 aliphatic rings. The fourth-order valence-electron chi connectivity index (χ4n) is 2.93. The van der Waals surface area contributed by atoms with Gasteiger partial charge in [-0.1, -0.05) is 0 Å². The molecule has 11 nitrogen and oxygen atoms in total. The molecule has 0 aromatic heterocycles. The standard InChI is InChI=1S/C16H20N4O7S/c17-28(25,26)12-3-4-14(13(9-12)20(23)24)27-10-15(21)18-5-7-19(8-6-18)16(22)11-1-2-11/h3-4,9,11H,1-2,5-8,10H2,(H2,17,25,26). The van der Waals surface area contributed by atoms with Gasteiger partial charge < -0.3 is 14.5 Å². The molecule has 1 aliphatic carbocycles. The first-order valence-corrected chi connectivity index (χ1v) is 10.2. The predicted octanol–water partition coefficient (Wildman–Crippen LogP) is -0.298. The highest BCUT2D eigenvalue weighted by molar-refractivity contribution is 7.89. The molecule has 0 atom stereocenters. The summed E-state index contributed by atoms with van der Waals surface area (Å²) >= 11 is 0. The molecule has 1 aromatic rings. The van der Waals surface area contributed by atoms with Crippen molar-refractivity contribution in [2.75, 3.05) is 32.8 Å². The van der Waals surface area contributed by atoms with Gasteiger partial charge >= 0.3 is 5.69 Å². The summed E-state index contributed by atoms with van der Waals surface area (Å²) < 4.78 is 27.9. The average molecular weight is 412 g/mol. The Morgan fingerprint density at radius 2 is 1.79 bits per heavy atom. The number of hydrogen-bond donors (Lipinski definition) is 1. The van der Waals surface area contributed by atoms with Crippen molar-refractivity contribution in [3.05, 3.63) is 28.3 Å². The Morgan fingerprint density at radius 1 is 1.18 bits per heavy atom. The molecule has 1 aromatic carbocycles. The Labute approximate surface area is 161 Å². The third-order valence-electron chi connectivity index (χ3n) is 4.68.